The maximum atomic E-state index is 4.35. The van der Waals surface area contributed by atoms with Crippen LogP contribution < -0.4 is 5.32 Å². The number of hydrogen-bond donors (Lipinski definition) is 1. The summed E-state index contributed by atoms with van der Waals surface area (Å²) in [5.74, 6) is 1.63. The molecule has 1 aromatic carbocycles. The van der Waals surface area contributed by atoms with Crippen LogP contribution in [0.1, 0.15) is 6.92 Å². The van der Waals surface area contributed by atoms with Gasteiger partial charge < -0.3 is 5.32 Å². The van der Waals surface area contributed by atoms with Crippen LogP contribution in [0.15, 0.2) is 43.0 Å². The van der Waals surface area contributed by atoms with Gasteiger partial charge in [-0.2, -0.15) is 0 Å². The molecule has 3 rings (SSSR count). The van der Waals surface area contributed by atoms with Gasteiger partial charge in [-0.15, -0.1) is 0 Å². The van der Waals surface area contributed by atoms with E-state index in [9.17, 15) is 0 Å². The number of imidazole rings is 1. The summed E-state index contributed by atoms with van der Waals surface area (Å²) in [7, 11) is 0. The highest BCUT2D eigenvalue weighted by Gasteiger charge is 2.05. The second-order valence-corrected chi connectivity index (χ2v) is 3.90. The van der Waals surface area contributed by atoms with E-state index >= 15 is 0 Å². The molecule has 0 amide bonds. The minimum atomic E-state index is 0.814. The highest BCUT2D eigenvalue weighted by Crippen LogP contribution is 2.17. The lowest BCUT2D eigenvalue weighted by Gasteiger charge is -2.06. The quantitative estimate of drug-likeness (QED) is 0.761. The van der Waals surface area contributed by atoms with E-state index < -0.39 is 0 Å². The Morgan fingerprint density at radius 1 is 1.17 bits per heavy atom. The van der Waals surface area contributed by atoms with Gasteiger partial charge in [0.15, 0.2) is 0 Å². The van der Waals surface area contributed by atoms with Crippen LogP contribution in [-0.2, 0) is 0 Å². The maximum absolute atomic E-state index is 4.35. The van der Waals surface area contributed by atoms with Crippen LogP contribution in [0.3, 0.4) is 0 Å². The van der Waals surface area contributed by atoms with Crippen molar-refractivity contribution in [3.05, 3.63) is 43.0 Å². The van der Waals surface area contributed by atoms with Crippen LogP contribution in [0.5, 0.6) is 0 Å². The smallest absolute Gasteiger partial charge is 0.143 e. The summed E-state index contributed by atoms with van der Waals surface area (Å²) in [4.78, 5) is 12.8. The van der Waals surface area contributed by atoms with Crippen molar-refractivity contribution in [3.8, 4) is 5.82 Å². The molecule has 0 spiro atoms. The van der Waals surface area contributed by atoms with E-state index in [-0.39, 0.29) is 0 Å². The van der Waals surface area contributed by atoms with E-state index in [1.165, 1.54) is 0 Å². The molecule has 0 aliphatic carbocycles. The van der Waals surface area contributed by atoms with Crippen LogP contribution in [0.2, 0.25) is 0 Å². The lowest BCUT2D eigenvalue weighted by Crippen LogP contribution is -2.02. The van der Waals surface area contributed by atoms with Gasteiger partial charge in [-0.25, -0.2) is 15.0 Å². The molecule has 1 N–H and O–H groups in total. The fraction of sp³-hybridized carbons (Fsp3) is 0.154. The van der Waals surface area contributed by atoms with Gasteiger partial charge >= 0.3 is 0 Å². The Morgan fingerprint density at radius 3 is 2.94 bits per heavy atom. The van der Waals surface area contributed by atoms with Crippen molar-refractivity contribution in [1.29, 1.82) is 0 Å². The summed E-state index contributed by atoms with van der Waals surface area (Å²) in [5.41, 5.74) is 2.00. The van der Waals surface area contributed by atoms with E-state index in [1.54, 1.807) is 12.7 Å². The van der Waals surface area contributed by atoms with Crippen LogP contribution >= 0.6 is 0 Å². The Balaban J connectivity index is 2.11. The zero-order valence-corrected chi connectivity index (χ0v) is 10.0. The normalized spacial score (nSPS) is 10.7. The van der Waals surface area contributed by atoms with Gasteiger partial charge in [0, 0.05) is 12.6 Å². The molecular weight excluding hydrogens is 226 g/mol. The Kier molecular flexibility index (Phi) is 2.64. The van der Waals surface area contributed by atoms with Gasteiger partial charge in [-0.1, -0.05) is 12.1 Å². The molecule has 0 unspecified atom stereocenters. The van der Waals surface area contributed by atoms with Gasteiger partial charge in [0.25, 0.3) is 0 Å². The monoisotopic (exact) mass is 239 g/mol. The Bertz CT molecular complexity index is 674. The predicted molar refractivity (Wildman–Crippen MR) is 70.8 cm³/mol. The molecule has 3 aromatic rings. The third-order valence-electron chi connectivity index (χ3n) is 2.71. The fourth-order valence-corrected chi connectivity index (χ4v) is 1.90. The van der Waals surface area contributed by atoms with Crippen molar-refractivity contribution in [2.75, 3.05) is 11.9 Å². The first-order valence-electron chi connectivity index (χ1n) is 5.87. The van der Waals surface area contributed by atoms with Gasteiger partial charge in [0.05, 0.1) is 11.0 Å². The summed E-state index contributed by atoms with van der Waals surface area (Å²) < 4.78 is 1.96. The molecule has 5 nitrogen and oxygen atoms in total. The summed E-state index contributed by atoms with van der Waals surface area (Å²) in [5, 5.41) is 3.17. The molecule has 2 aromatic heterocycles. The van der Waals surface area contributed by atoms with E-state index in [1.807, 2.05) is 41.8 Å². The fourth-order valence-electron chi connectivity index (χ4n) is 1.90. The lowest BCUT2D eigenvalue weighted by molar-refractivity contribution is 0.990. The average Bonchev–Trinajstić information content (AvgIpc) is 2.83. The van der Waals surface area contributed by atoms with E-state index in [0.717, 1.165) is 29.2 Å². The van der Waals surface area contributed by atoms with Crippen molar-refractivity contribution < 1.29 is 0 Å². The molecule has 5 heteroatoms. The van der Waals surface area contributed by atoms with Crippen LogP contribution in [0.25, 0.3) is 16.9 Å². The molecule has 0 saturated heterocycles. The summed E-state index contributed by atoms with van der Waals surface area (Å²) in [6.07, 6.45) is 3.34. The zero-order chi connectivity index (χ0) is 12.4. The topological polar surface area (TPSA) is 55.6 Å². The molecule has 0 saturated carbocycles. The number of para-hydroxylation sites is 2. The number of fused-ring (bicyclic) bond motifs is 1. The van der Waals surface area contributed by atoms with E-state index in [0.29, 0.717) is 0 Å². The molecule has 0 fully saturated rings. The van der Waals surface area contributed by atoms with E-state index in [4.69, 9.17) is 0 Å². The van der Waals surface area contributed by atoms with Gasteiger partial charge in [0.1, 0.15) is 24.3 Å². The number of benzene rings is 1. The number of hydrogen-bond acceptors (Lipinski definition) is 4. The molecular formula is C13H13N5. The highest BCUT2D eigenvalue weighted by molar-refractivity contribution is 5.76. The minimum Gasteiger partial charge on any atom is -0.370 e. The Labute approximate surface area is 105 Å². The Morgan fingerprint density at radius 2 is 2.06 bits per heavy atom. The molecule has 2 heterocycles. The second kappa shape index (κ2) is 4.44. The number of rotatable bonds is 3. The largest absolute Gasteiger partial charge is 0.370 e. The first-order chi connectivity index (χ1) is 8.88. The maximum Gasteiger partial charge on any atom is 0.143 e. The minimum absolute atomic E-state index is 0.814. The second-order valence-electron chi connectivity index (χ2n) is 3.90. The summed E-state index contributed by atoms with van der Waals surface area (Å²) >= 11 is 0. The van der Waals surface area contributed by atoms with E-state index in [2.05, 4.69) is 20.3 Å². The van der Waals surface area contributed by atoms with Crippen LogP contribution in [-0.4, -0.2) is 26.1 Å². The zero-order valence-electron chi connectivity index (χ0n) is 10.0. The average molecular weight is 239 g/mol. The van der Waals surface area contributed by atoms with Crippen LogP contribution in [0, 0.1) is 0 Å². The molecule has 0 aliphatic heterocycles. The first-order valence-corrected chi connectivity index (χ1v) is 5.87. The van der Waals surface area contributed by atoms with Crippen molar-refractivity contribution in [1.82, 2.24) is 19.5 Å². The number of nitrogens with one attached hydrogen (secondary N) is 1. The first kappa shape index (κ1) is 10.7. The Hall–Kier alpha value is -2.43. The summed E-state index contributed by atoms with van der Waals surface area (Å²) in [6.45, 7) is 2.87. The van der Waals surface area contributed by atoms with Crippen molar-refractivity contribution >= 4 is 16.9 Å². The molecule has 90 valence electrons. The van der Waals surface area contributed by atoms with Crippen molar-refractivity contribution in [2.24, 2.45) is 0 Å². The van der Waals surface area contributed by atoms with Crippen molar-refractivity contribution in [2.45, 2.75) is 6.92 Å². The van der Waals surface area contributed by atoms with Crippen LogP contribution in [0.4, 0.5) is 5.82 Å². The third-order valence-corrected chi connectivity index (χ3v) is 2.71. The summed E-state index contributed by atoms with van der Waals surface area (Å²) in [6, 6.07) is 9.89. The standard InChI is InChI=1S/C13H13N5/c1-2-14-12-7-13(16-8-15-12)18-9-17-10-5-3-4-6-11(10)18/h3-9H,2H2,1H3,(H,14,15,16). The molecule has 0 bridgehead atoms. The van der Waals surface area contributed by atoms with Gasteiger partial charge in [-0.3, -0.25) is 4.57 Å². The van der Waals surface area contributed by atoms with Crippen molar-refractivity contribution in [3.63, 3.8) is 0 Å². The van der Waals surface area contributed by atoms with Gasteiger partial charge in [0.2, 0.25) is 0 Å². The number of aromatic nitrogens is 4. The SMILES string of the molecule is CCNc1cc(-n2cnc3ccccc32)ncn1. The molecule has 0 atom stereocenters. The molecule has 18 heavy (non-hydrogen) atoms. The lowest BCUT2D eigenvalue weighted by atomic mass is 10.3. The molecule has 0 radical (unpaired) electrons. The predicted octanol–water partition coefficient (Wildman–Crippen LogP) is 2.25. The van der Waals surface area contributed by atoms with Gasteiger partial charge in [-0.05, 0) is 19.1 Å². The number of nitrogens with zero attached hydrogens (tertiary/aromatic N) is 4. The third kappa shape index (κ3) is 1.79. The number of anilines is 1. The molecule has 0 aliphatic rings. The highest BCUT2D eigenvalue weighted by atomic mass is 15.1.